The lowest BCUT2D eigenvalue weighted by Gasteiger charge is -2.14. The van der Waals surface area contributed by atoms with Crippen molar-refractivity contribution in [1.82, 2.24) is 19.4 Å². The number of aromatic nitrogens is 4. The molecule has 33 heavy (non-hydrogen) atoms. The fourth-order valence-electron chi connectivity index (χ4n) is 4.13. The molecule has 9 heteroatoms. The van der Waals surface area contributed by atoms with E-state index < -0.39 is 30.3 Å². The first-order chi connectivity index (χ1) is 15.8. The SMILES string of the molecule is CCC[C@@H](O)c1cc(C)c(-c2cc3cnc(NC(=O)C4CC4(F)F)cc3n3ccnc23)cn1. The minimum atomic E-state index is -2.93. The van der Waals surface area contributed by atoms with Crippen molar-refractivity contribution in [3.05, 3.63) is 54.2 Å². The number of fused-ring (bicyclic) bond motifs is 3. The zero-order valence-electron chi connectivity index (χ0n) is 18.2. The average molecular weight is 451 g/mol. The van der Waals surface area contributed by atoms with E-state index in [2.05, 4.69) is 20.3 Å². The minimum Gasteiger partial charge on any atom is -0.387 e. The largest absolute Gasteiger partial charge is 0.387 e. The summed E-state index contributed by atoms with van der Waals surface area (Å²) in [5.74, 6) is -4.73. The quantitative estimate of drug-likeness (QED) is 0.444. The van der Waals surface area contributed by atoms with Crippen LogP contribution in [0.1, 0.15) is 43.5 Å². The highest BCUT2D eigenvalue weighted by atomic mass is 19.3. The van der Waals surface area contributed by atoms with Gasteiger partial charge in [0, 0.05) is 53.8 Å². The number of aryl methyl sites for hydroxylation is 1. The van der Waals surface area contributed by atoms with Crippen molar-refractivity contribution < 1.29 is 18.7 Å². The lowest BCUT2D eigenvalue weighted by atomic mass is 10.00. The third-order valence-corrected chi connectivity index (χ3v) is 6.07. The van der Waals surface area contributed by atoms with Crippen molar-refractivity contribution in [2.24, 2.45) is 5.92 Å². The molecule has 1 aliphatic rings. The third-order valence-electron chi connectivity index (χ3n) is 6.07. The monoisotopic (exact) mass is 451 g/mol. The number of pyridine rings is 3. The van der Waals surface area contributed by atoms with E-state index in [1.807, 2.05) is 30.4 Å². The number of carbonyl (C=O) groups excluding carboxylic acids is 1. The first kappa shape index (κ1) is 21.4. The normalized spacial score (nSPS) is 17.9. The van der Waals surface area contributed by atoms with E-state index in [4.69, 9.17) is 0 Å². The zero-order chi connectivity index (χ0) is 23.3. The van der Waals surface area contributed by atoms with Crippen LogP contribution in [0.4, 0.5) is 14.6 Å². The smallest absolute Gasteiger partial charge is 0.260 e. The van der Waals surface area contributed by atoms with Gasteiger partial charge in [0.25, 0.3) is 5.92 Å². The lowest BCUT2D eigenvalue weighted by Crippen LogP contribution is -2.18. The van der Waals surface area contributed by atoms with E-state index in [1.54, 1.807) is 30.9 Å². The molecule has 2 N–H and O–H groups in total. The Hall–Kier alpha value is -3.46. The highest BCUT2D eigenvalue weighted by Crippen LogP contribution is 2.49. The van der Waals surface area contributed by atoms with E-state index in [1.165, 1.54) is 0 Å². The maximum atomic E-state index is 13.2. The second-order valence-electron chi connectivity index (χ2n) is 8.54. The number of nitrogens with one attached hydrogen (secondary N) is 1. The van der Waals surface area contributed by atoms with Gasteiger partial charge in [-0.1, -0.05) is 13.3 Å². The molecule has 1 amide bonds. The summed E-state index contributed by atoms with van der Waals surface area (Å²) in [6.45, 7) is 3.98. The topological polar surface area (TPSA) is 92.4 Å². The number of amides is 1. The number of rotatable bonds is 6. The van der Waals surface area contributed by atoms with Crippen LogP contribution in [0, 0.1) is 12.8 Å². The Labute approximate surface area is 188 Å². The molecular weight excluding hydrogens is 428 g/mol. The molecule has 7 nitrogen and oxygen atoms in total. The fourth-order valence-corrected chi connectivity index (χ4v) is 4.13. The molecule has 0 aromatic carbocycles. The molecule has 170 valence electrons. The van der Waals surface area contributed by atoms with Gasteiger partial charge in [-0.2, -0.15) is 0 Å². The molecule has 2 atom stereocenters. The number of halogens is 2. The molecule has 0 bridgehead atoms. The predicted octanol–water partition coefficient (Wildman–Crippen LogP) is 4.68. The van der Waals surface area contributed by atoms with Crippen molar-refractivity contribution in [2.45, 2.75) is 45.1 Å². The number of alkyl halides is 2. The van der Waals surface area contributed by atoms with Crippen LogP contribution in [0.2, 0.25) is 0 Å². The summed E-state index contributed by atoms with van der Waals surface area (Å²) in [4.78, 5) is 25.3. The van der Waals surface area contributed by atoms with E-state index >= 15 is 0 Å². The maximum absolute atomic E-state index is 13.2. The van der Waals surface area contributed by atoms with Gasteiger partial charge in [-0.25, -0.2) is 18.7 Å². The van der Waals surface area contributed by atoms with Gasteiger partial charge in [-0.3, -0.25) is 14.2 Å². The number of hydrogen-bond acceptors (Lipinski definition) is 5. The van der Waals surface area contributed by atoms with Gasteiger partial charge in [-0.15, -0.1) is 0 Å². The van der Waals surface area contributed by atoms with Gasteiger partial charge < -0.3 is 10.4 Å². The van der Waals surface area contributed by atoms with Crippen LogP contribution in [0.15, 0.2) is 43.0 Å². The van der Waals surface area contributed by atoms with Crippen molar-refractivity contribution in [3.63, 3.8) is 0 Å². The highest BCUT2D eigenvalue weighted by Gasteiger charge is 2.61. The summed E-state index contributed by atoms with van der Waals surface area (Å²) >= 11 is 0. The Morgan fingerprint density at radius 1 is 1.24 bits per heavy atom. The average Bonchev–Trinajstić information content (AvgIpc) is 3.18. The number of aliphatic hydroxyl groups excluding tert-OH is 1. The molecule has 0 spiro atoms. The van der Waals surface area contributed by atoms with E-state index in [-0.39, 0.29) is 5.82 Å². The Bertz CT molecular complexity index is 1380. The highest BCUT2D eigenvalue weighted by molar-refractivity contribution is 5.97. The summed E-state index contributed by atoms with van der Waals surface area (Å²) < 4.78 is 28.3. The summed E-state index contributed by atoms with van der Waals surface area (Å²) in [5, 5.41) is 13.6. The number of anilines is 1. The molecule has 1 saturated carbocycles. The molecule has 1 aliphatic carbocycles. The molecule has 1 fully saturated rings. The maximum Gasteiger partial charge on any atom is 0.260 e. The standard InChI is InChI=1S/C24H23F2N5O2/c1-3-4-20(32)18-7-13(2)16(12-28-18)15-8-14-11-29-21(30-23(33)17-10-24(17,25)26)9-19(14)31-6-5-27-22(15)31/h5-9,11-12,17,20,32H,3-4,10H2,1-2H3,(H,29,30,33)/t17?,20-/m1/s1. The van der Waals surface area contributed by atoms with Gasteiger partial charge >= 0.3 is 0 Å². The minimum absolute atomic E-state index is 0.213. The van der Waals surface area contributed by atoms with Crippen LogP contribution in [0.5, 0.6) is 0 Å². The number of imidazole rings is 1. The van der Waals surface area contributed by atoms with Crippen molar-refractivity contribution in [3.8, 4) is 11.1 Å². The molecule has 0 saturated heterocycles. The molecule has 4 heterocycles. The Balaban J connectivity index is 1.54. The molecular formula is C24H23F2N5O2. The molecule has 0 radical (unpaired) electrons. The van der Waals surface area contributed by atoms with Gasteiger partial charge in [-0.05, 0) is 31.0 Å². The van der Waals surface area contributed by atoms with Crippen LogP contribution in [-0.4, -0.2) is 36.3 Å². The molecule has 1 unspecified atom stereocenters. The number of nitrogens with zero attached hydrogens (tertiary/aromatic N) is 4. The summed E-state index contributed by atoms with van der Waals surface area (Å²) in [6, 6.07) is 5.49. The van der Waals surface area contributed by atoms with E-state index in [0.29, 0.717) is 17.8 Å². The van der Waals surface area contributed by atoms with Crippen molar-refractivity contribution in [2.75, 3.05) is 5.32 Å². The van der Waals surface area contributed by atoms with Crippen molar-refractivity contribution in [1.29, 1.82) is 0 Å². The molecule has 5 rings (SSSR count). The lowest BCUT2D eigenvalue weighted by molar-refractivity contribution is -0.119. The van der Waals surface area contributed by atoms with E-state index in [9.17, 15) is 18.7 Å². The Kier molecular flexibility index (Phi) is 5.08. The summed E-state index contributed by atoms with van der Waals surface area (Å²) in [6.07, 6.45) is 7.30. The van der Waals surface area contributed by atoms with Crippen LogP contribution in [0.25, 0.3) is 27.7 Å². The van der Waals surface area contributed by atoms with Gasteiger partial charge in [0.1, 0.15) is 17.4 Å². The predicted molar refractivity (Wildman–Crippen MR) is 120 cm³/mol. The Morgan fingerprint density at radius 3 is 2.73 bits per heavy atom. The number of aliphatic hydroxyl groups is 1. The fraction of sp³-hybridized carbons (Fsp3) is 0.333. The first-order valence-corrected chi connectivity index (χ1v) is 10.9. The van der Waals surface area contributed by atoms with E-state index in [0.717, 1.165) is 34.0 Å². The van der Waals surface area contributed by atoms with Crippen molar-refractivity contribution >= 4 is 28.3 Å². The van der Waals surface area contributed by atoms with Crippen LogP contribution in [-0.2, 0) is 4.79 Å². The van der Waals surface area contributed by atoms with Gasteiger partial charge in [0.05, 0.1) is 17.3 Å². The third kappa shape index (κ3) is 3.82. The molecule has 4 aromatic rings. The number of hydrogen-bond donors (Lipinski definition) is 2. The van der Waals surface area contributed by atoms with Gasteiger partial charge in [0.2, 0.25) is 5.91 Å². The zero-order valence-corrected chi connectivity index (χ0v) is 18.2. The van der Waals surface area contributed by atoms with Crippen LogP contribution >= 0.6 is 0 Å². The second-order valence-corrected chi connectivity index (χ2v) is 8.54. The summed E-state index contributed by atoms with van der Waals surface area (Å²) in [5.41, 5.74) is 4.76. The molecule has 4 aromatic heterocycles. The molecule has 0 aliphatic heterocycles. The van der Waals surface area contributed by atoms with Gasteiger partial charge in [0.15, 0.2) is 0 Å². The van der Waals surface area contributed by atoms with Crippen LogP contribution in [0.3, 0.4) is 0 Å². The summed E-state index contributed by atoms with van der Waals surface area (Å²) in [7, 11) is 0. The Morgan fingerprint density at radius 2 is 2.03 bits per heavy atom. The second kappa shape index (κ2) is 7.84. The number of carbonyl (C=O) groups is 1. The van der Waals surface area contributed by atoms with Crippen LogP contribution < -0.4 is 5.32 Å². The first-order valence-electron chi connectivity index (χ1n) is 10.9.